The van der Waals surface area contributed by atoms with Crippen molar-refractivity contribution in [2.75, 3.05) is 0 Å². The van der Waals surface area contributed by atoms with Crippen LogP contribution in [0.4, 0.5) is 0 Å². The minimum Gasteiger partial charge on any atom is -0.208 e. The van der Waals surface area contributed by atoms with E-state index in [-0.39, 0.29) is 5.41 Å². The highest BCUT2D eigenvalue weighted by Crippen LogP contribution is 2.70. The molecule has 0 amide bonds. The fraction of sp³-hybridized carbons (Fsp3) is 0.164. The zero-order valence-electron chi connectivity index (χ0n) is 36.5. The maximum Gasteiger partial charge on any atom is 0.164 e. The first-order valence-corrected chi connectivity index (χ1v) is 26.4. The van der Waals surface area contributed by atoms with E-state index in [4.69, 9.17) is 15.0 Å². The van der Waals surface area contributed by atoms with E-state index in [1.54, 1.807) is 5.56 Å². The van der Waals surface area contributed by atoms with Crippen LogP contribution < -0.4 is 0 Å². The number of nitrogens with zero attached hydrogens (tertiary/aromatic N) is 3. The Balaban J connectivity index is 0.928. The van der Waals surface area contributed by atoms with E-state index < -0.39 is 0 Å². The zero-order chi connectivity index (χ0) is 43.5. The van der Waals surface area contributed by atoms with E-state index in [0.717, 1.165) is 34.4 Å². The standard InChI is InChI=1S/C61H41N3S3/c1-4-16-51-41(9-1)44-22-20-36(31-54(44)65-51)58-62-59(37-21-23-45-42-10-2-5-17-52(42)66-55(45)32-37)64-60(63-58)48-14-8-15-49-56(48)47-24-19-35(40-12-7-13-46-43-11-3-6-18-53(43)67-57(40)46)30-50(47)61(49)38-26-33-25-34(28-38)29-39(61)27-33/h1-24,30-34,38-39H,25-29H2. The summed E-state index contributed by atoms with van der Waals surface area (Å²) < 4.78 is 7.81. The van der Waals surface area contributed by atoms with Crippen LogP contribution in [0.3, 0.4) is 0 Å². The molecule has 4 saturated carbocycles. The molecule has 0 N–H and O–H groups in total. The van der Waals surface area contributed by atoms with Gasteiger partial charge in [-0.3, -0.25) is 0 Å². The smallest absolute Gasteiger partial charge is 0.164 e. The summed E-state index contributed by atoms with van der Waals surface area (Å²) in [5.41, 5.74) is 11.5. The number of aromatic nitrogens is 3. The monoisotopic (exact) mass is 911 g/mol. The van der Waals surface area contributed by atoms with Crippen LogP contribution in [0.5, 0.6) is 0 Å². The normalized spacial score (nSPS) is 21.5. The Morgan fingerprint density at radius 2 is 0.866 bits per heavy atom. The first-order valence-electron chi connectivity index (χ1n) is 23.9. The van der Waals surface area contributed by atoms with Gasteiger partial charge < -0.3 is 0 Å². The van der Waals surface area contributed by atoms with Crippen LogP contribution in [0.1, 0.15) is 43.2 Å². The van der Waals surface area contributed by atoms with Crippen LogP contribution >= 0.6 is 34.0 Å². The SMILES string of the molecule is c1cc(-c2nc(-c3ccc4c(c3)sc3ccccc34)nc(-c3ccc4c(c3)sc3ccccc34)n2)c2c(c1)C1(c3cc(-c4cccc5c4sc4ccccc45)ccc3-2)C2CC3CC(C2)CC1C3. The highest BCUT2D eigenvalue weighted by atomic mass is 32.1. The average Bonchev–Trinajstić information content (AvgIpc) is 4.13. The number of rotatable bonds is 4. The second-order valence-electron chi connectivity index (χ2n) is 19.9. The van der Waals surface area contributed by atoms with E-state index >= 15 is 0 Å². The Morgan fingerprint density at radius 1 is 0.358 bits per heavy atom. The molecule has 5 aliphatic carbocycles. The molecule has 0 unspecified atom stereocenters. The Labute approximate surface area is 399 Å². The number of hydrogen-bond acceptors (Lipinski definition) is 6. The van der Waals surface area contributed by atoms with E-state index in [0.29, 0.717) is 23.5 Å². The maximum atomic E-state index is 5.54. The minimum atomic E-state index is -0.0325. The summed E-state index contributed by atoms with van der Waals surface area (Å²) in [6.45, 7) is 0. The Kier molecular flexibility index (Phi) is 7.70. The Morgan fingerprint density at radius 3 is 1.51 bits per heavy atom. The fourth-order valence-electron chi connectivity index (χ4n) is 14.1. The molecule has 1 spiro atoms. The van der Waals surface area contributed by atoms with Gasteiger partial charge in [0.2, 0.25) is 0 Å². The quantitative estimate of drug-likeness (QED) is 0.177. The molecule has 6 heteroatoms. The summed E-state index contributed by atoms with van der Waals surface area (Å²) in [6, 6.07) is 61.5. The van der Waals surface area contributed by atoms with Gasteiger partial charge in [0.25, 0.3) is 0 Å². The number of thiophene rings is 3. The highest BCUT2D eigenvalue weighted by molar-refractivity contribution is 7.26. The van der Waals surface area contributed by atoms with Crippen LogP contribution in [-0.2, 0) is 5.41 Å². The lowest BCUT2D eigenvalue weighted by Crippen LogP contribution is -2.55. The molecule has 0 radical (unpaired) electrons. The predicted octanol–water partition coefficient (Wildman–Crippen LogP) is 17.4. The largest absolute Gasteiger partial charge is 0.208 e. The third-order valence-electron chi connectivity index (χ3n) is 16.5. The van der Waals surface area contributed by atoms with Crippen molar-refractivity contribution in [1.29, 1.82) is 0 Å². The Bertz CT molecular complexity index is 3930. The molecule has 4 bridgehead atoms. The molecule has 8 aromatic carbocycles. The summed E-state index contributed by atoms with van der Waals surface area (Å²) in [6.07, 6.45) is 6.73. The Hall–Kier alpha value is -6.57. The van der Waals surface area contributed by atoms with Crippen molar-refractivity contribution in [1.82, 2.24) is 15.0 Å². The molecule has 67 heavy (non-hydrogen) atoms. The highest BCUT2D eigenvalue weighted by Gasteiger charge is 2.62. The summed E-state index contributed by atoms with van der Waals surface area (Å²) in [5, 5.41) is 7.84. The number of benzene rings is 8. The van der Waals surface area contributed by atoms with Crippen molar-refractivity contribution in [3.63, 3.8) is 0 Å². The van der Waals surface area contributed by atoms with Crippen LogP contribution in [0.15, 0.2) is 164 Å². The maximum absolute atomic E-state index is 5.54. The van der Waals surface area contributed by atoms with Gasteiger partial charge >= 0.3 is 0 Å². The van der Waals surface area contributed by atoms with Crippen molar-refractivity contribution in [3.05, 3.63) is 175 Å². The molecular weight excluding hydrogens is 871 g/mol. The molecule has 5 aliphatic rings. The fourth-order valence-corrected chi connectivity index (χ4v) is 17.6. The van der Waals surface area contributed by atoms with Crippen molar-refractivity contribution in [3.8, 4) is 56.4 Å². The molecular formula is C61H41N3S3. The van der Waals surface area contributed by atoms with Crippen LogP contribution in [0, 0.1) is 23.7 Å². The summed E-state index contributed by atoms with van der Waals surface area (Å²) in [7, 11) is 0. The van der Waals surface area contributed by atoms with Gasteiger partial charge in [-0.05, 0) is 126 Å². The van der Waals surface area contributed by atoms with Crippen molar-refractivity contribution in [2.45, 2.75) is 37.5 Å². The van der Waals surface area contributed by atoms with E-state index in [1.165, 1.54) is 120 Å². The number of hydrogen-bond donors (Lipinski definition) is 0. The van der Waals surface area contributed by atoms with Gasteiger partial charge in [0.15, 0.2) is 17.5 Å². The lowest BCUT2D eigenvalue weighted by Gasteiger charge is -2.61. The molecule has 3 nitrogen and oxygen atoms in total. The second kappa shape index (κ2) is 13.8. The molecule has 318 valence electrons. The van der Waals surface area contributed by atoms with Gasteiger partial charge in [0.1, 0.15) is 0 Å². The lowest BCUT2D eigenvalue weighted by atomic mass is 9.43. The molecule has 17 rings (SSSR count). The molecule has 0 aliphatic heterocycles. The van der Waals surface area contributed by atoms with Gasteiger partial charge in [0, 0.05) is 82.6 Å². The first-order chi connectivity index (χ1) is 33.1. The third-order valence-corrected chi connectivity index (χ3v) is 20.0. The van der Waals surface area contributed by atoms with Crippen LogP contribution in [0.25, 0.3) is 117 Å². The van der Waals surface area contributed by atoms with Gasteiger partial charge in [-0.1, -0.05) is 127 Å². The summed E-state index contributed by atoms with van der Waals surface area (Å²) >= 11 is 5.61. The molecule has 4 heterocycles. The molecule has 12 aromatic rings. The predicted molar refractivity (Wildman–Crippen MR) is 283 cm³/mol. The van der Waals surface area contributed by atoms with Crippen molar-refractivity contribution >= 4 is 94.5 Å². The van der Waals surface area contributed by atoms with Crippen molar-refractivity contribution in [2.24, 2.45) is 23.7 Å². The van der Waals surface area contributed by atoms with E-state index in [9.17, 15) is 0 Å². The van der Waals surface area contributed by atoms with Gasteiger partial charge in [-0.15, -0.1) is 34.0 Å². The first kappa shape index (κ1) is 37.5. The third kappa shape index (κ3) is 5.24. The van der Waals surface area contributed by atoms with E-state index in [2.05, 4.69) is 164 Å². The zero-order valence-corrected chi connectivity index (χ0v) is 38.9. The topological polar surface area (TPSA) is 38.7 Å². The van der Waals surface area contributed by atoms with Crippen molar-refractivity contribution < 1.29 is 0 Å². The molecule has 0 saturated heterocycles. The average molecular weight is 912 g/mol. The van der Waals surface area contributed by atoms with Crippen LogP contribution in [0.2, 0.25) is 0 Å². The molecule has 4 aromatic heterocycles. The van der Waals surface area contributed by atoms with Gasteiger partial charge in [-0.2, -0.15) is 0 Å². The van der Waals surface area contributed by atoms with Gasteiger partial charge in [-0.25, -0.2) is 15.0 Å². The molecule has 0 atom stereocenters. The summed E-state index contributed by atoms with van der Waals surface area (Å²) in [4.78, 5) is 16.5. The summed E-state index contributed by atoms with van der Waals surface area (Å²) in [5.74, 6) is 5.12. The molecule has 4 fully saturated rings. The second-order valence-corrected chi connectivity index (χ2v) is 23.1. The number of fused-ring (bicyclic) bond motifs is 12. The minimum absolute atomic E-state index is 0.0325. The van der Waals surface area contributed by atoms with Crippen LogP contribution in [-0.4, -0.2) is 15.0 Å². The lowest BCUT2D eigenvalue weighted by molar-refractivity contribution is -0.0399. The van der Waals surface area contributed by atoms with Gasteiger partial charge in [0.05, 0.1) is 0 Å². The van der Waals surface area contributed by atoms with E-state index in [1.807, 2.05) is 34.0 Å².